The fourth-order valence-electron chi connectivity index (χ4n) is 2.06. The van der Waals surface area contributed by atoms with Crippen molar-refractivity contribution < 1.29 is 32.9 Å². The van der Waals surface area contributed by atoms with E-state index in [9.17, 15) is 28.2 Å². The van der Waals surface area contributed by atoms with Gasteiger partial charge >= 0.3 is 12.3 Å². The van der Waals surface area contributed by atoms with E-state index < -0.39 is 36.6 Å². The number of halogens is 3. The highest BCUT2D eigenvalue weighted by atomic mass is 19.4. The molecule has 0 aliphatic heterocycles. The maximum atomic E-state index is 12.7. The number of hydrogen-bond donors (Lipinski definition) is 3. The van der Waals surface area contributed by atoms with E-state index >= 15 is 0 Å². The Morgan fingerprint density at radius 1 is 1.19 bits per heavy atom. The summed E-state index contributed by atoms with van der Waals surface area (Å²) in [6.45, 7) is -0.410. The lowest BCUT2D eigenvalue weighted by atomic mass is 10.1. The molecule has 0 saturated heterocycles. The minimum atomic E-state index is -4.60. The van der Waals surface area contributed by atoms with Gasteiger partial charge < -0.3 is 20.3 Å². The number of hydrogen-bond acceptors (Lipinski definition) is 5. The van der Waals surface area contributed by atoms with Gasteiger partial charge in [0.2, 0.25) is 0 Å². The number of aliphatic hydroxyl groups excluding tert-OH is 2. The summed E-state index contributed by atoms with van der Waals surface area (Å²) in [4.78, 5) is 15.2. The van der Waals surface area contributed by atoms with Gasteiger partial charge in [-0.05, 0) is 17.7 Å². The number of aromatic nitrogens is 1. The fraction of sp³-hybridized carbons (Fsp3) is 0.294. The van der Waals surface area contributed by atoms with Crippen LogP contribution in [0.5, 0.6) is 0 Å². The molecule has 2 rings (SSSR count). The third kappa shape index (κ3) is 5.71. The number of aliphatic hydroxyl groups is 2. The lowest BCUT2D eigenvalue weighted by Crippen LogP contribution is -2.36. The molecule has 2 aromatic rings. The molecule has 3 N–H and O–H groups in total. The molecule has 2 unspecified atom stereocenters. The third-order valence-electron chi connectivity index (χ3n) is 3.44. The Bertz CT molecular complexity index is 725. The molecule has 0 saturated carbocycles. The summed E-state index contributed by atoms with van der Waals surface area (Å²) in [5, 5.41) is 22.0. The van der Waals surface area contributed by atoms with Crippen molar-refractivity contribution in [3.8, 4) is 0 Å². The van der Waals surface area contributed by atoms with E-state index in [-0.39, 0.29) is 12.3 Å². The minimum absolute atomic E-state index is 0.0144. The van der Waals surface area contributed by atoms with Gasteiger partial charge in [0.05, 0.1) is 11.3 Å². The number of nitrogens with zero attached hydrogens (tertiary/aromatic N) is 1. The first-order chi connectivity index (χ1) is 12.3. The van der Waals surface area contributed by atoms with Crippen LogP contribution in [0.25, 0.3) is 0 Å². The van der Waals surface area contributed by atoms with Gasteiger partial charge in [-0.15, -0.1) is 0 Å². The number of nitrogens with one attached hydrogen (secondary N) is 1. The van der Waals surface area contributed by atoms with Crippen LogP contribution < -0.4 is 5.32 Å². The summed E-state index contributed by atoms with van der Waals surface area (Å²) in [5.74, 6) is 0. The van der Waals surface area contributed by atoms with E-state index in [4.69, 9.17) is 4.74 Å². The Morgan fingerprint density at radius 2 is 1.88 bits per heavy atom. The number of amides is 1. The standard InChI is InChI=1S/C17H17F3N2O4/c18-17(19,20)12-6-7-21-13(8-12)15(24)14(23)9-22-16(25)26-10-11-4-2-1-3-5-11/h1-8,14-15,23-24H,9-10H2,(H,22,25). The lowest BCUT2D eigenvalue weighted by molar-refractivity contribution is -0.137. The number of alkyl carbamates (subject to hydrolysis) is 1. The first-order valence-corrected chi connectivity index (χ1v) is 7.61. The Morgan fingerprint density at radius 3 is 2.54 bits per heavy atom. The predicted octanol–water partition coefficient (Wildman–Crippen LogP) is 2.42. The van der Waals surface area contributed by atoms with Gasteiger partial charge in [-0.3, -0.25) is 4.98 Å². The van der Waals surface area contributed by atoms with Gasteiger partial charge in [-0.2, -0.15) is 13.2 Å². The molecule has 1 amide bonds. The second-order valence-electron chi connectivity index (χ2n) is 5.42. The average Bonchev–Trinajstić information content (AvgIpc) is 2.64. The molecule has 0 fully saturated rings. The van der Waals surface area contributed by atoms with E-state index in [1.165, 1.54) is 0 Å². The van der Waals surface area contributed by atoms with E-state index in [1.54, 1.807) is 24.3 Å². The SMILES string of the molecule is O=C(NCC(O)C(O)c1cc(C(F)(F)F)ccn1)OCc1ccccc1. The Balaban J connectivity index is 1.85. The van der Waals surface area contributed by atoms with Crippen molar-refractivity contribution in [3.05, 3.63) is 65.5 Å². The van der Waals surface area contributed by atoms with Gasteiger partial charge in [-0.25, -0.2) is 4.79 Å². The first-order valence-electron chi connectivity index (χ1n) is 7.61. The molecule has 0 bridgehead atoms. The molecular formula is C17H17F3N2O4. The van der Waals surface area contributed by atoms with Crippen LogP contribution in [0.4, 0.5) is 18.0 Å². The van der Waals surface area contributed by atoms with Crippen molar-refractivity contribution >= 4 is 6.09 Å². The zero-order valence-corrected chi connectivity index (χ0v) is 13.5. The highest BCUT2D eigenvalue weighted by Gasteiger charge is 2.32. The number of rotatable bonds is 6. The monoisotopic (exact) mass is 370 g/mol. The normalized spacial score (nSPS) is 13.7. The molecule has 2 atom stereocenters. The summed E-state index contributed by atoms with van der Waals surface area (Å²) in [5.41, 5.74) is -0.591. The Labute approximate surface area is 147 Å². The van der Waals surface area contributed by atoms with Crippen molar-refractivity contribution in [1.29, 1.82) is 0 Å². The number of carbonyl (C=O) groups is 1. The van der Waals surface area contributed by atoms with Gasteiger partial charge in [-0.1, -0.05) is 30.3 Å². The molecule has 0 aliphatic rings. The summed E-state index contributed by atoms with van der Waals surface area (Å²) in [7, 11) is 0. The molecule has 0 radical (unpaired) electrons. The molecule has 26 heavy (non-hydrogen) atoms. The fourth-order valence-corrected chi connectivity index (χ4v) is 2.06. The average molecular weight is 370 g/mol. The van der Waals surface area contributed by atoms with E-state index in [0.717, 1.165) is 17.8 Å². The third-order valence-corrected chi connectivity index (χ3v) is 3.44. The highest BCUT2D eigenvalue weighted by molar-refractivity contribution is 5.67. The zero-order valence-electron chi connectivity index (χ0n) is 13.5. The summed E-state index contributed by atoms with van der Waals surface area (Å²) in [6.07, 6.45) is -7.81. The lowest BCUT2D eigenvalue weighted by Gasteiger charge is -2.18. The second kappa shape index (κ2) is 8.63. The number of pyridine rings is 1. The highest BCUT2D eigenvalue weighted by Crippen LogP contribution is 2.30. The van der Waals surface area contributed by atoms with Crippen LogP contribution in [0, 0.1) is 0 Å². The number of carbonyl (C=O) groups excluding carboxylic acids is 1. The summed E-state index contributed by atoms with van der Waals surface area (Å²) in [6, 6.07) is 10.3. The van der Waals surface area contributed by atoms with Gasteiger partial charge in [0, 0.05) is 12.7 Å². The maximum absolute atomic E-state index is 12.7. The molecule has 0 spiro atoms. The van der Waals surface area contributed by atoms with Crippen molar-refractivity contribution in [2.75, 3.05) is 6.54 Å². The minimum Gasteiger partial charge on any atom is -0.445 e. The van der Waals surface area contributed by atoms with Gasteiger partial charge in [0.1, 0.15) is 18.8 Å². The van der Waals surface area contributed by atoms with Crippen molar-refractivity contribution in [3.63, 3.8) is 0 Å². The number of benzene rings is 1. The van der Waals surface area contributed by atoms with Crippen LogP contribution in [-0.4, -0.2) is 33.9 Å². The summed E-state index contributed by atoms with van der Waals surface area (Å²) < 4.78 is 42.9. The van der Waals surface area contributed by atoms with Crippen molar-refractivity contribution in [2.24, 2.45) is 0 Å². The molecule has 140 valence electrons. The number of ether oxygens (including phenoxy) is 1. The number of alkyl halides is 3. The van der Waals surface area contributed by atoms with Crippen LogP contribution in [0.15, 0.2) is 48.7 Å². The van der Waals surface area contributed by atoms with Crippen molar-refractivity contribution in [2.45, 2.75) is 25.0 Å². The molecule has 1 aromatic carbocycles. The van der Waals surface area contributed by atoms with Crippen LogP contribution in [-0.2, 0) is 17.5 Å². The van der Waals surface area contributed by atoms with Crippen LogP contribution in [0.3, 0.4) is 0 Å². The first kappa shape index (κ1) is 19.7. The topological polar surface area (TPSA) is 91.7 Å². The van der Waals surface area contributed by atoms with E-state index in [1.807, 2.05) is 6.07 Å². The molecule has 1 heterocycles. The van der Waals surface area contributed by atoms with Crippen LogP contribution in [0.1, 0.15) is 22.9 Å². The van der Waals surface area contributed by atoms with Crippen molar-refractivity contribution in [1.82, 2.24) is 10.3 Å². The molecular weight excluding hydrogens is 353 g/mol. The summed E-state index contributed by atoms with van der Waals surface area (Å²) >= 11 is 0. The van der Waals surface area contributed by atoms with Gasteiger partial charge in [0.15, 0.2) is 0 Å². The molecule has 0 aliphatic carbocycles. The quantitative estimate of drug-likeness (QED) is 0.726. The smallest absolute Gasteiger partial charge is 0.416 e. The molecule has 9 heteroatoms. The maximum Gasteiger partial charge on any atom is 0.416 e. The van der Waals surface area contributed by atoms with Gasteiger partial charge in [0.25, 0.3) is 0 Å². The largest absolute Gasteiger partial charge is 0.445 e. The Hall–Kier alpha value is -2.65. The van der Waals surface area contributed by atoms with Crippen LogP contribution >= 0.6 is 0 Å². The Kier molecular flexibility index (Phi) is 6.53. The zero-order chi connectivity index (χ0) is 19.2. The molecule has 6 nitrogen and oxygen atoms in total. The van der Waals surface area contributed by atoms with E-state index in [0.29, 0.717) is 6.07 Å². The van der Waals surface area contributed by atoms with Crippen LogP contribution in [0.2, 0.25) is 0 Å². The van der Waals surface area contributed by atoms with E-state index in [2.05, 4.69) is 10.3 Å². The second-order valence-corrected chi connectivity index (χ2v) is 5.42. The molecule has 1 aromatic heterocycles. The predicted molar refractivity (Wildman–Crippen MR) is 84.8 cm³/mol.